The summed E-state index contributed by atoms with van der Waals surface area (Å²) in [4.78, 5) is 10.6. The van der Waals surface area contributed by atoms with Crippen LogP contribution in [0.2, 0.25) is 0 Å². The maximum Gasteiger partial charge on any atom is 0.294 e. The van der Waals surface area contributed by atoms with E-state index in [0.29, 0.717) is 5.39 Å². The molecular weight excluding hydrogens is 270 g/mol. The number of rotatable bonds is 2. The van der Waals surface area contributed by atoms with E-state index in [1.54, 1.807) is 6.07 Å². The first-order chi connectivity index (χ1) is 8.79. The number of hydrogen-bond donors (Lipinski definition) is 3. The van der Waals surface area contributed by atoms with Crippen LogP contribution in [-0.2, 0) is 14.9 Å². The van der Waals surface area contributed by atoms with Gasteiger partial charge in [-0.15, -0.1) is 0 Å². The molecule has 2 aromatic carbocycles. The van der Waals surface area contributed by atoms with E-state index in [9.17, 15) is 18.3 Å². The van der Waals surface area contributed by atoms with Gasteiger partial charge in [-0.25, -0.2) is 0 Å². The van der Waals surface area contributed by atoms with Crippen LogP contribution in [0.3, 0.4) is 0 Å². The molecule has 0 aliphatic rings. The molecule has 0 radical (unpaired) electrons. The SMILES string of the molecule is CC(=O)Nc1ccc2ccc(S(=O)(=O)O)cc2c1O. The van der Waals surface area contributed by atoms with Gasteiger partial charge in [-0.05, 0) is 23.6 Å². The third kappa shape index (κ3) is 2.67. The van der Waals surface area contributed by atoms with Gasteiger partial charge in [0.05, 0.1) is 10.6 Å². The summed E-state index contributed by atoms with van der Waals surface area (Å²) in [6, 6.07) is 6.95. The van der Waals surface area contributed by atoms with Crippen molar-refractivity contribution in [3.05, 3.63) is 30.3 Å². The second-order valence-corrected chi connectivity index (χ2v) is 5.42. The molecule has 0 aliphatic carbocycles. The molecule has 2 aromatic rings. The van der Waals surface area contributed by atoms with Crippen molar-refractivity contribution < 1.29 is 22.9 Å². The van der Waals surface area contributed by atoms with Crippen LogP contribution in [0.4, 0.5) is 5.69 Å². The van der Waals surface area contributed by atoms with Crippen LogP contribution in [0, 0.1) is 0 Å². The Morgan fingerprint density at radius 1 is 1.21 bits per heavy atom. The van der Waals surface area contributed by atoms with Gasteiger partial charge >= 0.3 is 0 Å². The van der Waals surface area contributed by atoms with Crippen molar-refractivity contribution in [2.24, 2.45) is 0 Å². The number of nitrogens with one attached hydrogen (secondary N) is 1. The zero-order valence-electron chi connectivity index (χ0n) is 9.91. The van der Waals surface area contributed by atoms with Gasteiger partial charge in [0.1, 0.15) is 5.75 Å². The first kappa shape index (κ1) is 13.3. The van der Waals surface area contributed by atoms with Crippen molar-refractivity contribution in [1.82, 2.24) is 0 Å². The van der Waals surface area contributed by atoms with Crippen molar-refractivity contribution in [2.45, 2.75) is 11.8 Å². The largest absolute Gasteiger partial charge is 0.505 e. The number of carbonyl (C=O) groups excluding carboxylic acids is 1. The Morgan fingerprint density at radius 2 is 1.84 bits per heavy atom. The lowest BCUT2D eigenvalue weighted by Crippen LogP contribution is -2.06. The topological polar surface area (TPSA) is 104 Å². The average molecular weight is 281 g/mol. The van der Waals surface area contributed by atoms with Gasteiger partial charge < -0.3 is 10.4 Å². The normalized spacial score (nSPS) is 11.5. The first-order valence-electron chi connectivity index (χ1n) is 5.30. The standard InChI is InChI=1S/C12H11NO5S/c1-7(14)13-11-5-3-8-2-4-9(19(16,17)18)6-10(8)12(11)15/h2-6,15H,1H3,(H,13,14)(H,16,17,18). The predicted molar refractivity (Wildman–Crippen MR) is 69.7 cm³/mol. The molecule has 3 N–H and O–H groups in total. The minimum Gasteiger partial charge on any atom is -0.505 e. The molecule has 0 spiro atoms. The molecule has 0 saturated heterocycles. The molecule has 0 heterocycles. The fraction of sp³-hybridized carbons (Fsp3) is 0.0833. The van der Waals surface area contributed by atoms with Crippen molar-refractivity contribution in [3.8, 4) is 5.75 Å². The Kier molecular flexibility index (Phi) is 3.17. The third-order valence-electron chi connectivity index (χ3n) is 2.57. The van der Waals surface area contributed by atoms with E-state index in [0.717, 1.165) is 6.07 Å². The summed E-state index contributed by atoms with van der Waals surface area (Å²) in [6.07, 6.45) is 0. The van der Waals surface area contributed by atoms with Crippen LogP contribution in [0.5, 0.6) is 5.75 Å². The number of anilines is 1. The molecule has 0 aliphatic heterocycles. The van der Waals surface area contributed by atoms with Gasteiger partial charge in [0.15, 0.2) is 0 Å². The second-order valence-electron chi connectivity index (χ2n) is 4.00. The fourth-order valence-electron chi connectivity index (χ4n) is 1.73. The summed E-state index contributed by atoms with van der Waals surface area (Å²) in [5.74, 6) is -0.612. The van der Waals surface area contributed by atoms with E-state index in [1.165, 1.54) is 25.1 Å². The smallest absolute Gasteiger partial charge is 0.294 e. The lowest BCUT2D eigenvalue weighted by molar-refractivity contribution is -0.114. The van der Waals surface area contributed by atoms with Gasteiger partial charge in [-0.2, -0.15) is 8.42 Å². The molecule has 6 nitrogen and oxygen atoms in total. The van der Waals surface area contributed by atoms with Crippen LogP contribution >= 0.6 is 0 Å². The third-order valence-corrected chi connectivity index (χ3v) is 3.42. The highest BCUT2D eigenvalue weighted by atomic mass is 32.2. The number of aromatic hydroxyl groups is 1. The number of phenolic OH excluding ortho intramolecular Hbond substituents is 1. The van der Waals surface area contributed by atoms with Gasteiger partial charge in [0, 0.05) is 12.3 Å². The Morgan fingerprint density at radius 3 is 2.42 bits per heavy atom. The quantitative estimate of drug-likeness (QED) is 0.574. The minimum atomic E-state index is -4.35. The van der Waals surface area contributed by atoms with E-state index in [4.69, 9.17) is 4.55 Å². The predicted octanol–water partition coefficient (Wildman–Crippen LogP) is 1.75. The van der Waals surface area contributed by atoms with E-state index < -0.39 is 10.1 Å². The zero-order valence-corrected chi connectivity index (χ0v) is 10.7. The van der Waals surface area contributed by atoms with Crippen molar-refractivity contribution in [1.29, 1.82) is 0 Å². The van der Waals surface area contributed by atoms with Gasteiger partial charge in [0.2, 0.25) is 5.91 Å². The van der Waals surface area contributed by atoms with Crippen molar-refractivity contribution in [3.63, 3.8) is 0 Å². The number of carbonyl (C=O) groups is 1. The fourth-order valence-corrected chi connectivity index (χ4v) is 2.24. The highest BCUT2D eigenvalue weighted by Gasteiger charge is 2.13. The maximum atomic E-state index is 11.1. The van der Waals surface area contributed by atoms with Crippen molar-refractivity contribution in [2.75, 3.05) is 5.32 Å². The van der Waals surface area contributed by atoms with E-state index in [1.807, 2.05) is 0 Å². The Balaban J connectivity index is 2.69. The van der Waals surface area contributed by atoms with Crippen LogP contribution in [0.1, 0.15) is 6.92 Å². The number of fused-ring (bicyclic) bond motifs is 1. The average Bonchev–Trinajstić information content (AvgIpc) is 2.31. The highest BCUT2D eigenvalue weighted by Crippen LogP contribution is 2.33. The monoisotopic (exact) mass is 281 g/mol. The van der Waals surface area contributed by atoms with Gasteiger partial charge in [-0.3, -0.25) is 9.35 Å². The molecule has 2 rings (SSSR count). The molecule has 0 aromatic heterocycles. The molecular formula is C12H11NO5S. The number of hydrogen-bond acceptors (Lipinski definition) is 4. The molecule has 0 saturated carbocycles. The maximum absolute atomic E-state index is 11.1. The Bertz CT molecular complexity index is 767. The molecule has 19 heavy (non-hydrogen) atoms. The lowest BCUT2D eigenvalue weighted by atomic mass is 10.1. The summed E-state index contributed by atoms with van der Waals surface area (Å²) < 4.78 is 31.1. The zero-order chi connectivity index (χ0) is 14.2. The van der Waals surface area contributed by atoms with Gasteiger partial charge in [0.25, 0.3) is 10.1 Å². The minimum absolute atomic E-state index is 0.174. The summed E-state index contributed by atoms with van der Waals surface area (Å²) in [5, 5.41) is 13.2. The molecule has 100 valence electrons. The second kappa shape index (κ2) is 4.52. The van der Waals surface area contributed by atoms with Gasteiger partial charge in [-0.1, -0.05) is 12.1 Å². The van der Waals surface area contributed by atoms with Crippen LogP contribution < -0.4 is 5.32 Å². The first-order valence-corrected chi connectivity index (χ1v) is 6.74. The van der Waals surface area contributed by atoms with E-state index in [2.05, 4.69) is 5.32 Å². The summed E-state index contributed by atoms with van der Waals surface area (Å²) in [7, 11) is -4.35. The number of benzene rings is 2. The molecule has 0 fully saturated rings. The number of amides is 1. The number of phenols is 1. The Hall–Kier alpha value is -2.12. The van der Waals surface area contributed by atoms with Crippen molar-refractivity contribution >= 4 is 32.5 Å². The van der Waals surface area contributed by atoms with Crippen LogP contribution in [0.15, 0.2) is 35.2 Å². The van der Waals surface area contributed by atoms with Crippen LogP contribution in [0.25, 0.3) is 10.8 Å². The summed E-state index contributed by atoms with van der Waals surface area (Å²) >= 11 is 0. The molecule has 0 bridgehead atoms. The molecule has 0 unspecified atom stereocenters. The summed E-state index contributed by atoms with van der Waals surface area (Å²) in [6.45, 7) is 1.29. The molecule has 0 atom stereocenters. The summed E-state index contributed by atoms with van der Waals surface area (Å²) in [5.41, 5.74) is 0.174. The lowest BCUT2D eigenvalue weighted by Gasteiger charge is -2.09. The van der Waals surface area contributed by atoms with Crippen LogP contribution in [-0.4, -0.2) is 24.0 Å². The molecule has 7 heteroatoms. The molecule has 1 amide bonds. The van der Waals surface area contributed by atoms with E-state index >= 15 is 0 Å². The Labute approximate surface area is 109 Å². The van der Waals surface area contributed by atoms with E-state index in [-0.39, 0.29) is 27.6 Å². The highest BCUT2D eigenvalue weighted by molar-refractivity contribution is 7.85.